The Kier molecular flexibility index (Phi) is 2.55. The summed E-state index contributed by atoms with van der Waals surface area (Å²) in [6, 6.07) is 0. The van der Waals surface area contributed by atoms with Crippen molar-refractivity contribution in [2.45, 2.75) is 51.2 Å². The zero-order chi connectivity index (χ0) is 8.48. The summed E-state index contributed by atoms with van der Waals surface area (Å²) in [5.41, 5.74) is -0.922. The molecule has 1 fully saturated rings. The van der Waals surface area contributed by atoms with Crippen LogP contribution in [0.2, 0.25) is 0 Å². The first-order valence-electron chi connectivity index (χ1n) is 4.42. The van der Waals surface area contributed by atoms with Gasteiger partial charge in [-0.2, -0.15) is 0 Å². The van der Waals surface area contributed by atoms with E-state index in [9.17, 15) is 10.2 Å². The van der Waals surface area contributed by atoms with Crippen molar-refractivity contribution < 1.29 is 10.2 Å². The van der Waals surface area contributed by atoms with E-state index >= 15 is 0 Å². The number of aliphatic hydroxyl groups excluding tert-OH is 1. The molecule has 1 aliphatic carbocycles. The van der Waals surface area contributed by atoms with Crippen LogP contribution in [0, 0.1) is 5.92 Å². The van der Waals surface area contributed by atoms with E-state index in [4.69, 9.17) is 0 Å². The molecule has 1 aliphatic rings. The van der Waals surface area contributed by atoms with Gasteiger partial charge in [-0.25, -0.2) is 0 Å². The van der Waals surface area contributed by atoms with Gasteiger partial charge >= 0.3 is 0 Å². The first-order valence-corrected chi connectivity index (χ1v) is 4.42. The summed E-state index contributed by atoms with van der Waals surface area (Å²) in [6.07, 6.45) is 4.02. The Hall–Kier alpha value is -0.0800. The normalized spacial score (nSPS) is 24.0. The minimum absolute atomic E-state index is 0.329. The SMILES string of the molecule is CC(C)(O)C(O)C1CCCC1. The largest absolute Gasteiger partial charge is 0.390 e. The molecule has 2 heteroatoms. The minimum Gasteiger partial charge on any atom is -0.390 e. The summed E-state index contributed by atoms with van der Waals surface area (Å²) in [4.78, 5) is 0. The Morgan fingerprint density at radius 3 is 2.09 bits per heavy atom. The van der Waals surface area contributed by atoms with Crippen LogP contribution < -0.4 is 0 Å². The van der Waals surface area contributed by atoms with E-state index in [1.807, 2.05) is 0 Å². The van der Waals surface area contributed by atoms with Crippen molar-refractivity contribution in [3.05, 3.63) is 0 Å². The fourth-order valence-electron chi connectivity index (χ4n) is 1.85. The van der Waals surface area contributed by atoms with Crippen molar-refractivity contribution in [2.24, 2.45) is 5.92 Å². The third-order valence-electron chi connectivity index (χ3n) is 2.57. The van der Waals surface area contributed by atoms with Gasteiger partial charge in [0.15, 0.2) is 0 Å². The number of rotatable bonds is 2. The van der Waals surface area contributed by atoms with E-state index in [1.54, 1.807) is 13.8 Å². The molecule has 0 bridgehead atoms. The molecule has 1 atom stereocenters. The van der Waals surface area contributed by atoms with E-state index < -0.39 is 11.7 Å². The van der Waals surface area contributed by atoms with E-state index in [1.165, 1.54) is 12.8 Å². The van der Waals surface area contributed by atoms with Crippen molar-refractivity contribution in [3.63, 3.8) is 0 Å². The first kappa shape index (κ1) is 9.01. The van der Waals surface area contributed by atoms with Gasteiger partial charge in [-0.15, -0.1) is 0 Å². The molecule has 0 heterocycles. The van der Waals surface area contributed by atoms with Crippen LogP contribution in [-0.2, 0) is 0 Å². The Morgan fingerprint density at radius 1 is 1.27 bits per heavy atom. The van der Waals surface area contributed by atoms with E-state index in [0.717, 1.165) is 12.8 Å². The van der Waals surface area contributed by atoms with Crippen LogP contribution in [0.4, 0.5) is 0 Å². The van der Waals surface area contributed by atoms with Crippen LogP contribution in [0.5, 0.6) is 0 Å². The topological polar surface area (TPSA) is 40.5 Å². The van der Waals surface area contributed by atoms with Gasteiger partial charge < -0.3 is 10.2 Å². The van der Waals surface area contributed by atoms with Gasteiger partial charge in [0.1, 0.15) is 0 Å². The molecule has 0 aromatic carbocycles. The average molecular weight is 158 g/mol. The molecule has 0 amide bonds. The van der Waals surface area contributed by atoms with Crippen molar-refractivity contribution in [2.75, 3.05) is 0 Å². The molecule has 66 valence electrons. The lowest BCUT2D eigenvalue weighted by molar-refractivity contribution is -0.0753. The van der Waals surface area contributed by atoms with Crippen LogP contribution >= 0.6 is 0 Å². The predicted octanol–water partition coefficient (Wildman–Crippen LogP) is 1.31. The van der Waals surface area contributed by atoms with Crippen LogP contribution in [0.25, 0.3) is 0 Å². The highest BCUT2D eigenvalue weighted by atomic mass is 16.3. The second-order valence-corrected chi connectivity index (χ2v) is 4.14. The average Bonchev–Trinajstić information content (AvgIpc) is 2.34. The summed E-state index contributed by atoms with van der Waals surface area (Å²) in [5.74, 6) is 0.329. The van der Waals surface area contributed by atoms with Gasteiger partial charge in [0, 0.05) is 0 Å². The maximum Gasteiger partial charge on any atom is 0.0852 e. The summed E-state index contributed by atoms with van der Waals surface area (Å²) in [7, 11) is 0. The molecule has 0 spiro atoms. The zero-order valence-corrected chi connectivity index (χ0v) is 7.38. The molecule has 0 aliphatic heterocycles. The van der Waals surface area contributed by atoms with Gasteiger partial charge in [-0.3, -0.25) is 0 Å². The third-order valence-corrected chi connectivity index (χ3v) is 2.57. The maximum atomic E-state index is 9.64. The van der Waals surface area contributed by atoms with E-state index in [-0.39, 0.29) is 0 Å². The first-order chi connectivity index (χ1) is 5.02. The molecule has 1 rings (SSSR count). The molecule has 0 aromatic heterocycles. The van der Waals surface area contributed by atoms with Gasteiger partial charge in [0.2, 0.25) is 0 Å². The second kappa shape index (κ2) is 3.11. The van der Waals surface area contributed by atoms with Gasteiger partial charge in [0.25, 0.3) is 0 Å². The van der Waals surface area contributed by atoms with Gasteiger partial charge in [0.05, 0.1) is 11.7 Å². The van der Waals surface area contributed by atoms with Crippen LogP contribution in [0.3, 0.4) is 0 Å². The summed E-state index contributed by atoms with van der Waals surface area (Å²) >= 11 is 0. The number of aliphatic hydroxyl groups is 2. The summed E-state index contributed by atoms with van der Waals surface area (Å²) < 4.78 is 0. The van der Waals surface area contributed by atoms with Crippen molar-refractivity contribution in [3.8, 4) is 0 Å². The monoisotopic (exact) mass is 158 g/mol. The Morgan fingerprint density at radius 2 is 1.73 bits per heavy atom. The highest BCUT2D eigenvalue weighted by molar-refractivity contribution is 4.85. The molecular formula is C9H18O2. The molecule has 1 saturated carbocycles. The fraction of sp³-hybridized carbons (Fsp3) is 1.00. The molecule has 0 saturated heterocycles. The van der Waals surface area contributed by atoms with E-state index in [2.05, 4.69) is 0 Å². The molecule has 11 heavy (non-hydrogen) atoms. The quantitative estimate of drug-likeness (QED) is 0.636. The van der Waals surface area contributed by atoms with Crippen molar-refractivity contribution in [1.29, 1.82) is 0 Å². The standard InChI is InChI=1S/C9H18O2/c1-9(2,11)8(10)7-5-3-4-6-7/h7-8,10-11H,3-6H2,1-2H3. The van der Waals surface area contributed by atoms with Gasteiger partial charge in [-0.05, 0) is 32.6 Å². The summed E-state index contributed by atoms with van der Waals surface area (Å²) in [5, 5.41) is 19.1. The Bertz CT molecular complexity index is 120. The van der Waals surface area contributed by atoms with Crippen LogP contribution in [-0.4, -0.2) is 21.9 Å². The van der Waals surface area contributed by atoms with Crippen molar-refractivity contribution >= 4 is 0 Å². The highest BCUT2D eigenvalue weighted by Gasteiger charge is 2.33. The molecular weight excluding hydrogens is 140 g/mol. The highest BCUT2D eigenvalue weighted by Crippen LogP contribution is 2.31. The molecule has 2 nitrogen and oxygen atoms in total. The van der Waals surface area contributed by atoms with Crippen LogP contribution in [0.15, 0.2) is 0 Å². The molecule has 0 aromatic rings. The number of hydrogen-bond donors (Lipinski definition) is 2. The minimum atomic E-state index is -0.922. The lowest BCUT2D eigenvalue weighted by atomic mass is 9.89. The smallest absolute Gasteiger partial charge is 0.0852 e. The summed E-state index contributed by atoms with van der Waals surface area (Å²) in [6.45, 7) is 3.35. The Labute approximate surface area is 68.2 Å². The lowest BCUT2D eigenvalue weighted by Crippen LogP contribution is -2.40. The third kappa shape index (κ3) is 2.17. The predicted molar refractivity (Wildman–Crippen MR) is 44.3 cm³/mol. The van der Waals surface area contributed by atoms with E-state index in [0.29, 0.717) is 5.92 Å². The zero-order valence-electron chi connectivity index (χ0n) is 7.38. The number of hydrogen-bond acceptors (Lipinski definition) is 2. The molecule has 1 unspecified atom stereocenters. The second-order valence-electron chi connectivity index (χ2n) is 4.14. The fourth-order valence-corrected chi connectivity index (χ4v) is 1.85. The molecule has 2 N–H and O–H groups in total. The maximum absolute atomic E-state index is 9.64. The lowest BCUT2D eigenvalue weighted by Gasteiger charge is -2.29. The molecule has 0 radical (unpaired) electrons. The van der Waals surface area contributed by atoms with Crippen LogP contribution in [0.1, 0.15) is 39.5 Å². The Balaban J connectivity index is 2.46. The van der Waals surface area contributed by atoms with Gasteiger partial charge in [-0.1, -0.05) is 12.8 Å². The van der Waals surface area contributed by atoms with Crippen molar-refractivity contribution in [1.82, 2.24) is 0 Å².